The molecule has 1 heterocycles. The van der Waals surface area contributed by atoms with Gasteiger partial charge >= 0.3 is 0 Å². The molecule has 0 aromatic heterocycles. The van der Waals surface area contributed by atoms with Crippen molar-refractivity contribution >= 4 is 17.5 Å². The van der Waals surface area contributed by atoms with Gasteiger partial charge in [0, 0.05) is 11.7 Å². The van der Waals surface area contributed by atoms with Crippen molar-refractivity contribution in [1.29, 1.82) is 0 Å². The number of nitrogens with zero attached hydrogens (tertiary/aromatic N) is 1. The summed E-state index contributed by atoms with van der Waals surface area (Å²) in [5, 5.41) is 0. The second-order valence-electron chi connectivity index (χ2n) is 5.08. The summed E-state index contributed by atoms with van der Waals surface area (Å²) in [5.74, 6) is -0.323. The van der Waals surface area contributed by atoms with Crippen LogP contribution in [0.1, 0.15) is 52.8 Å². The highest BCUT2D eigenvalue weighted by Crippen LogP contribution is 2.31. The second-order valence-corrected chi connectivity index (χ2v) is 5.08. The molecule has 0 bridgehead atoms. The van der Waals surface area contributed by atoms with Gasteiger partial charge in [0.15, 0.2) is 0 Å². The summed E-state index contributed by atoms with van der Waals surface area (Å²) in [7, 11) is 0. The molecule has 0 saturated heterocycles. The lowest BCUT2D eigenvalue weighted by Crippen LogP contribution is -2.40. The number of hydrogen-bond acceptors (Lipinski definition) is 3. The molecule has 0 unspecified atom stereocenters. The number of carbonyl (C=O) groups excluding carboxylic acids is 2. The number of amides is 2. The lowest BCUT2D eigenvalue weighted by molar-refractivity contribution is 0.0549. The predicted octanol–water partition coefficient (Wildman–Crippen LogP) is 2.20. The van der Waals surface area contributed by atoms with Crippen molar-refractivity contribution in [3.63, 3.8) is 0 Å². The quantitative estimate of drug-likeness (QED) is 0.608. The Labute approximate surface area is 106 Å². The highest BCUT2D eigenvalue weighted by molar-refractivity contribution is 6.21. The molecule has 2 N–H and O–H groups in total. The third kappa shape index (κ3) is 1.60. The van der Waals surface area contributed by atoms with Gasteiger partial charge in [-0.1, -0.05) is 19.3 Å². The van der Waals surface area contributed by atoms with Crippen LogP contribution in [0.5, 0.6) is 0 Å². The molecule has 1 aromatic rings. The Morgan fingerprint density at radius 2 is 1.67 bits per heavy atom. The first kappa shape index (κ1) is 11.3. The number of anilines is 1. The number of imide groups is 1. The molecule has 4 heteroatoms. The van der Waals surface area contributed by atoms with Crippen LogP contribution in [0.2, 0.25) is 0 Å². The highest BCUT2D eigenvalue weighted by atomic mass is 16.2. The Kier molecular flexibility index (Phi) is 2.58. The Balaban J connectivity index is 1.96. The zero-order valence-corrected chi connectivity index (χ0v) is 10.2. The first-order valence-corrected chi connectivity index (χ1v) is 6.46. The van der Waals surface area contributed by atoms with Gasteiger partial charge in [0.2, 0.25) is 0 Å². The van der Waals surface area contributed by atoms with E-state index in [1.54, 1.807) is 18.2 Å². The largest absolute Gasteiger partial charge is 0.399 e. The lowest BCUT2D eigenvalue weighted by Gasteiger charge is -2.29. The highest BCUT2D eigenvalue weighted by Gasteiger charge is 2.40. The average molecular weight is 244 g/mol. The fourth-order valence-corrected chi connectivity index (χ4v) is 2.95. The van der Waals surface area contributed by atoms with E-state index in [4.69, 9.17) is 5.73 Å². The maximum absolute atomic E-state index is 12.3. The fourth-order valence-electron chi connectivity index (χ4n) is 2.95. The van der Waals surface area contributed by atoms with Crippen molar-refractivity contribution in [2.24, 2.45) is 0 Å². The van der Waals surface area contributed by atoms with Crippen LogP contribution in [0.25, 0.3) is 0 Å². The van der Waals surface area contributed by atoms with E-state index >= 15 is 0 Å². The van der Waals surface area contributed by atoms with Crippen LogP contribution in [0.15, 0.2) is 18.2 Å². The minimum atomic E-state index is -0.172. The second kappa shape index (κ2) is 4.12. The average Bonchev–Trinajstić information content (AvgIpc) is 2.63. The van der Waals surface area contributed by atoms with Gasteiger partial charge in [-0.15, -0.1) is 0 Å². The zero-order valence-electron chi connectivity index (χ0n) is 10.2. The summed E-state index contributed by atoms with van der Waals surface area (Å²) in [6, 6.07) is 5.02. The van der Waals surface area contributed by atoms with Gasteiger partial charge in [0.1, 0.15) is 0 Å². The maximum Gasteiger partial charge on any atom is 0.261 e. The smallest absolute Gasteiger partial charge is 0.261 e. The molecule has 0 atom stereocenters. The minimum Gasteiger partial charge on any atom is -0.399 e. The van der Waals surface area contributed by atoms with Crippen molar-refractivity contribution in [2.45, 2.75) is 38.1 Å². The van der Waals surface area contributed by atoms with E-state index in [0.29, 0.717) is 16.8 Å². The van der Waals surface area contributed by atoms with Crippen LogP contribution in [-0.4, -0.2) is 22.8 Å². The molecule has 94 valence electrons. The normalized spacial score (nSPS) is 20.3. The summed E-state index contributed by atoms with van der Waals surface area (Å²) in [5.41, 5.74) is 7.17. The SMILES string of the molecule is Nc1ccc2c(c1)C(=O)N(C1CCCCC1)C2=O. The van der Waals surface area contributed by atoms with Crippen LogP contribution in [0.3, 0.4) is 0 Å². The Hall–Kier alpha value is -1.84. The van der Waals surface area contributed by atoms with Crippen molar-refractivity contribution in [2.75, 3.05) is 5.73 Å². The molecule has 1 saturated carbocycles. The molecule has 1 aromatic carbocycles. The summed E-state index contributed by atoms with van der Waals surface area (Å²) >= 11 is 0. The van der Waals surface area contributed by atoms with Gasteiger partial charge < -0.3 is 5.73 Å². The summed E-state index contributed by atoms with van der Waals surface area (Å²) in [6.45, 7) is 0. The first-order valence-electron chi connectivity index (χ1n) is 6.46. The molecular formula is C14H16N2O2. The number of nitrogens with two attached hydrogens (primary N) is 1. The van der Waals surface area contributed by atoms with E-state index < -0.39 is 0 Å². The fraction of sp³-hybridized carbons (Fsp3) is 0.429. The van der Waals surface area contributed by atoms with Crippen LogP contribution in [0, 0.1) is 0 Å². The first-order chi connectivity index (χ1) is 8.68. The third-order valence-corrected chi connectivity index (χ3v) is 3.88. The molecule has 1 aliphatic carbocycles. The van der Waals surface area contributed by atoms with Crippen molar-refractivity contribution in [3.05, 3.63) is 29.3 Å². The topological polar surface area (TPSA) is 63.4 Å². The number of benzene rings is 1. The summed E-state index contributed by atoms with van der Waals surface area (Å²) in [6.07, 6.45) is 5.26. The van der Waals surface area contributed by atoms with Crippen LogP contribution < -0.4 is 5.73 Å². The van der Waals surface area contributed by atoms with Crippen molar-refractivity contribution in [1.82, 2.24) is 4.90 Å². The molecule has 1 aliphatic heterocycles. The Bertz CT molecular complexity index is 519. The van der Waals surface area contributed by atoms with Crippen LogP contribution in [0.4, 0.5) is 5.69 Å². The summed E-state index contributed by atoms with van der Waals surface area (Å²) in [4.78, 5) is 26.0. The minimum absolute atomic E-state index is 0.0763. The van der Waals surface area contributed by atoms with E-state index in [1.807, 2.05) is 0 Å². The Morgan fingerprint density at radius 3 is 2.39 bits per heavy atom. The molecule has 1 fully saturated rings. The molecule has 2 aliphatic rings. The van der Waals surface area contributed by atoms with E-state index in [2.05, 4.69) is 0 Å². The monoisotopic (exact) mass is 244 g/mol. The maximum atomic E-state index is 12.3. The van der Waals surface area contributed by atoms with Crippen molar-refractivity contribution in [3.8, 4) is 0 Å². The molecular weight excluding hydrogens is 228 g/mol. The third-order valence-electron chi connectivity index (χ3n) is 3.88. The van der Waals surface area contributed by atoms with E-state index in [0.717, 1.165) is 25.7 Å². The van der Waals surface area contributed by atoms with Gasteiger partial charge in [-0.3, -0.25) is 14.5 Å². The molecule has 4 nitrogen and oxygen atoms in total. The van der Waals surface area contributed by atoms with E-state index in [1.165, 1.54) is 11.3 Å². The number of nitrogen functional groups attached to an aromatic ring is 1. The molecule has 0 radical (unpaired) electrons. The summed E-state index contributed by atoms with van der Waals surface area (Å²) < 4.78 is 0. The Morgan fingerprint density at radius 1 is 1.00 bits per heavy atom. The number of carbonyl (C=O) groups is 2. The molecule has 2 amide bonds. The molecule has 3 rings (SSSR count). The number of hydrogen-bond donors (Lipinski definition) is 1. The van der Waals surface area contributed by atoms with E-state index in [-0.39, 0.29) is 17.9 Å². The van der Waals surface area contributed by atoms with Crippen molar-refractivity contribution < 1.29 is 9.59 Å². The van der Waals surface area contributed by atoms with Crippen LogP contribution in [-0.2, 0) is 0 Å². The standard InChI is InChI=1S/C14H16N2O2/c15-9-6-7-11-12(8-9)14(18)16(13(11)17)10-4-2-1-3-5-10/h6-8,10H,1-5,15H2. The zero-order chi connectivity index (χ0) is 12.7. The van der Waals surface area contributed by atoms with Gasteiger partial charge in [0.05, 0.1) is 11.1 Å². The van der Waals surface area contributed by atoms with Gasteiger partial charge in [-0.2, -0.15) is 0 Å². The van der Waals surface area contributed by atoms with Gasteiger partial charge in [0.25, 0.3) is 11.8 Å². The van der Waals surface area contributed by atoms with E-state index in [9.17, 15) is 9.59 Å². The predicted molar refractivity (Wildman–Crippen MR) is 68.2 cm³/mol. The molecule has 0 spiro atoms. The van der Waals surface area contributed by atoms with Gasteiger partial charge in [-0.25, -0.2) is 0 Å². The number of fused-ring (bicyclic) bond motifs is 1. The lowest BCUT2D eigenvalue weighted by atomic mass is 9.94. The van der Waals surface area contributed by atoms with Crippen LogP contribution >= 0.6 is 0 Å². The number of rotatable bonds is 1. The van der Waals surface area contributed by atoms with Gasteiger partial charge in [-0.05, 0) is 31.0 Å². The molecule has 18 heavy (non-hydrogen) atoms.